The van der Waals surface area contributed by atoms with Gasteiger partial charge in [0.2, 0.25) is 0 Å². The van der Waals surface area contributed by atoms with Crippen LogP contribution in [0.5, 0.6) is 0 Å². The molecule has 0 bridgehead atoms. The van der Waals surface area contributed by atoms with Crippen LogP contribution in [-0.4, -0.2) is 81.5 Å². The summed E-state index contributed by atoms with van der Waals surface area (Å²) < 4.78 is 0. The van der Waals surface area contributed by atoms with E-state index in [0.29, 0.717) is 6.54 Å². The van der Waals surface area contributed by atoms with Gasteiger partial charge in [-0.05, 0) is 31.3 Å². The lowest BCUT2D eigenvalue weighted by Crippen LogP contribution is -2.46. The van der Waals surface area contributed by atoms with Crippen molar-refractivity contribution in [3.05, 3.63) is 29.8 Å². The summed E-state index contributed by atoms with van der Waals surface area (Å²) in [5, 5.41) is 3.36. The molecule has 0 aliphatic carbocycles. The number of nitrogens with zero attached hydrogens (tertiary/aromatic N) is 3. The predicted molar refractivity (Wildman–Crippen MR) is 89.8 cm³/mol. The second kappa shape index (κ2) is 7.22. The summed E-state index contributed by atoms with van der Waals surface area (Å²) in [5.74, 6) is 0.233. The number of ketones is 1. The first-order chi connectivity index (χ1) is 10.7. The van der Waals surface area contributed by atoms with Gasteiger partial charge in [0, 0.05) is 63.6 Å². The molecule has 5 nitrogen and oxygen atoms in total. The Morgan fingerprint density at radius 3 is 2.27 bits per heavy atom. The SMILES string of the molecule is CN1CCN(CC(=O)c2ccc(N3CCNCC3)cc2)CC1. The third-order valence-electron chi connectivity index (χ3n) is 4.63. The highest BCUT2D eigenvalue weighted by atomic mass is 16.1. The lowest BCUT2D eigenvalue weighted by atomic mass is 10.1. The van der Waals surface area contributed by atoms with Gasteiger partial charge in [0.25, 0.3) is 0 Å². The summed E-state index contributed by atoms with van der Waals surface area (Å²) >= 11 is 0. The molecule has 1 N–H and O–H groups in total. The predicted octanol–water partition coefficient (Wildman–Crippen LogP) is 0.526. The molecule has 2 fully saturated rings. The summed E-state index contributed by atoms with van der Waals surface area (Å²) in [6.45, 7) is 8.75. The monoisotopic (exact) mass is 302 g/mol. The van der Waals surface area contributed by atoms with Crippen LogP contribution in [0.15, 0.2) is 24.3 Å². The smallest absolute Gasteiger partial charge is 0.176 e. The van der Waals surface area contributed by atoms with Gasteiger partial charge in [-0.15, -0.1) is 0 Å². The van der Waals surface area contributed by atoms with Crippen LogP contribution in [0.2, 0.25) is 0 Å². The molecule has 2 aliphatic rings. The maximum atomic E-state index is 12.4. The summed E-state index contributed by atoms with van der Waals surface area (Å²) in [5.41, 5.74) is 2.05. The highest BCUT2D eigenvalue weighted by Crippen LogP contribution is 2.16. The van der Waals surface area contributed by atoms with Crippen molar-refractivity contribution in [1.82, 2.24) is 15.1 Å². The Kier molecular flexibility index (Phi) is 5.08. The number of anilines is 1. The van der Waals surface area contributed by atoms with Crippen molar-refractivity contribution in [2.24, 2.45) is 0 Å². The maximum absolute atomic E-state index is 12.4. The maximum Gasteiger partial charge on any atom is 0.176 e. The van der Waals surface area contributed by atoms with Gasteiger partial charge in [-0.25, -0.2) is 0 Å². The molecule has 0 radical (unpaired) electrons. The van der Waals surface area contributed by atoms with Crippen molar-refractivity contribution in [2.75, 3.05) is 70.9 Å². The first-order valence-corrected chi connectivity index (χ1v) is 8.22. The van der Waals surface area contributed by atoms with Crippen molar-refractivity contribution < 1.29 is 4.79 Å². The molecular formula is C17H26N4O. The van der Waals surface area contributed by atoms with Crippen molar-refractivity contribution >= 4 is 11.5 Å². The summed E-state index contributed by atoms with van der Waals surface area (Å²) in [4.78, 5) is 19.3. The number of nitrogens with one attached hydrogen (secondary N) is 1. The van der Waals surface area contributed by atoms with Gasteiger partial charge in [-0.1, -0.05) is 0 Å². The third-order valence-corrected chi connectivity index (χ3v) is 4.63. The fourth-order valence-corrected chi connectivity index (χ4v) is 3.08. The standard InChI is InChI=1S/C17H26N4O/c1-19-10-12-20(13-11-19)14-17(22)15-2-4-16(5-3-15)21-8-6-18-7-9-21/h2-5,18H,6-14H2,1H3. The molecule has 22 heavy (non-hydrogen) atoms. The molecule has 5 heteroatoms. The van der Waals surface area contributed by atoms with Crippen molar-refractivity contribution in [3.8, 4) is 0 Å². The number of piperazine rings is 2. The van der Waals surface area contributed by atoms with Gasteiger partial charge >= 0.3 is 0 Å². The molecule has 0 atom stereocenters. The fourth-order valence-electron chi connectivity index (χ4n) is 3.08. The minimum Gasteiger partial charge on any atom is -0.369 e. The highest BCUT2D eigenvalue weighted by Gasteiger charge is 2.18. The molecule has 120 valence electrons. The topological polar surface area (TPSA) is 38.8 Å². The Morgan fingerprint density at radius 1 is 1.00 bits per heavy atom. The molecule has 0 amide bonds. The molecule has 0 spiro atoms. The van der Waals surface area contributed by atoms with Crippen LogP contribution >= 0.6 is 0 Å². The van der Waals surface area contributed by atoms with E-state index in [1.54, 1.807) is 0 Å². The Morgan fingerprint density at radius 2 is 1.64 bits per heavy atom. The molecule has 2 saturated heterocycles. The third kappa shape index (κ3) is 3.85. The average Bonchev–Trinajstić information content (AvgIpc) is 2.58. The zero-order chi connectivity index (χ0) is 15.4. The second-order valence-corrected chi connectivity index (χ2v) is 6.29. The quantitative estimate of drug-likeness (QED) is 0.821. The number of Topliss-reactive ketones (excluding diaryl/α,β-unsaturated/α-hetero) is 1. The van der Waals surface area contributed by atoms with E-state index in [2.05, 4.69) is 39.2 Å². The van der Waals surface area contributed by atoms with E-state index < -0.39 is 0 Å². The summed E-state index contributed by atoms with van der Waals surface area (Å²) in [6.07, 6.45) is 0. The molecule has 1 aromatic carbocycles. The zero-order valence-corrected chi connectivity index (χ0v) is 13.4. The number of benzene rings is 1. The lowest BCUT2D eigenvalue weighted by Gasteiger charge is -2.32. The number of likely N-dealkylation sites (N-methyl/N-ethyl adjacent to an activating group) is 1. The van der Waals surface area contributed by atoms with Gasteiger partial charge in [0.1, 0.15) is 0 Å². The van der Waals surface area contributed by atoms with Crippen LogP contribution in [0.25, 0.3) is 0 Å². The van der Waals surface area contributed by atoms with Crippen LogP contribution in [0, 0.1) is 0 Å². The van der Waals surface area contributed by atoms with E-state index in [9.17, 15) is 4.79 Å². The lowest BCUT2D eigenvalue weighted by molar-refractivity contribution is 0.0876. The number of carbonyl (C=O) groups is 1. The Bertz CT molecular complexity index is 488. The first kappa shape index (κ1) is 15.5. The van der Waals surface area contributed by atoms with Crippen molar-refractivity contribution in [1.29, 1.82) is 0 Å². The van der Waals surface area contributed by atoms with E-state index in [4.69, 9.17) is 0 Å². The van der Waals surface area contributed by atoms with E-state index in [0.717, 1.165) is 57.9 Å². The molecule has 3 rings (SSSR count). The van der Waals surface area contributed by atoms with Gasteiger partial charge in [0.05, 0.1) is 6.54 Å². The molecule has 2 aliphatic heterocycles. The molecule has 0 unspecified atom stereocenters. The molecule has 1 aromatic rings. The van der Waals surface area contributed by atoms with Gasteiger partial charge in [-0.2, -0.15) is 0 Å². The number of rotatable bonds is 4. The van der Waals surface area contributed by atoms with Gasteiger partial charge in [0.15, 0.2) is 5.78 Å². The van der Waals surface area contributed by atoms with Crippen LogP contribution < -0.4 is 10.2 Å². The van der Waals surface area contributed by atoms with Crippen LogP contribution in [0.4, 0.5) is 5.69 Å². The minimum atomic E-state index is 0.233. The summed E-state index contributed by atoms with van der Waals surface area (Å²) in [7, 11) is 2.13. The van der Waals surface area contributed by atoms with Gasteiger partial charge < -0.3 is 15.1 Å². The molecule has 0 aromatic heterocycles. The Hall–Kier alpha value is -1.43. The summed E-state index contributed by atoms with van der Waals surface area (Å²) in [6, 6.07) is 8.14. The van der Waals surface area contributed by atoms with E-state index in [1.165, 1.54) is 5.69 Å². The van der Waals surface area contributed by atoms with E-state index in [1.807, 2.05) is 12.1 Å². The average molecular weight is 302 g/mol. The Balaban J connectivity index is 1.56. The number of hydrogen-bond acceptors (Lipinski definition) is 5. The van der Waals surface area contributed by atoms with Crippen molar-refractivity contribution in [3.63, 3.8) is 0 Å². The van der Waals surface area contributed by atoms with Crippen LogP contribution in [0.1, 0.15) is 10.4 Å². The largest absolute Gasteiger partial charge is 0.369 e. The molecule has 2 heterocycles. The number of carbonyl (C=O) groups excluding carboxylic acids is 1. The minimum absolute atomic E-state index is 0.233. The van der Waals surface area contributed by atoms with E-state index >= 15 is 0 Å². The van der Waals surface area contributed by atoms with Crippen LogP contribution in [0.3, 0.4) is 0 Å². The number of hydrogen-bond donors (Lipinski definition) is 1. The second-order valence-electron chi connectivity index (χ2n) is 6.29. The first-order valence-electron chi connectivity index (χ1n) is 8.22. The highest BCUT2D eigenvalue weighted by molar-refractivity contribution is 5.97. The fraction of sp³-hybridized carbons (Fsp3) is 0.588. The van der Waals surface area contributed by atoms with Crippen LogP contribution in [-0.2, 0) is 0 Å². The zero-order valence-electron chi connectivity index (χ0n) is 13.4. The normalized spacial score (nSPS) is 21.0. The Labute approximate surface area is 132 Å². The molecule has 0 saturated carbocycles. The van der Waals surface area contributed by atoms with Crippen molar-refractivity contribution in [2.45, 2.75) is 0 Å². The van der Waals surface area contributed by atoms with Gasteiger partial charge in [-0.3, -0.25) is 9.69 Å². The van der Waals surface area contributed by atoms with E-state index in [-0.39, 0.29) is 5.78 Å². The molecular weight excluding hydrogens is 276 g/mol.